The smallest absolute Gasteiger partial charge is 0.313 e. The number of nitrogens with one attached hydrogen (secondary N) is 2. The Labute approximate surface area is 150 Å². The van der Waals surface area contributed by atoms with Crippen molar-refractivity contribution in [3.63, 3.8) is 0 Å². The molecule has 0 saturated carbocycles. The maximum atomic E-state index is 12.6. The van der Waals surface area contributed by atoms with E-state index in [4.69, 9.17) is 16.9 Å². The van der Waals surface area contributed by atoms with Gasteiger partial charge in [0.05, 0.1) is 23.5 Å². The number of amides is 3. The van der Waals surface area contributed by atoms with E-state index in [9.17, 15) is 14.4 Å². The Hall–Kier alpha value is -3.23. The van der Waals surface area contributed by atoms with Crippen LogP contribution in [0.4, 0.5) is 5.69 Å². The molecule has 1 aromatic rings. The lowest BCUT2D eigenvalue weighted by molar-refractivity contribution is -0.145. The molecule has 1 aliphatic heterocycles. The first-order valence-corrected chi connectivity index (χ1v) is 8.16. The summed E-state index contributed by atoms with van der Waals surface area (Å²) in [4.78, 5) is 41.5. The van der Waals surface area contributed by atoms with Crippen LogP contribution in [0.5, 0.6) is 0 Å². The predicted octanol–water partition coefficient (Wildman–Crippen LogP) is 0.238. The highest BCUT2D eigenvalue weighted by molar-refractivity contribution is 6.39. The van der Waals surface area contributed by atoms with Crippen molar-refractivity contribution in [3.05, 3.63) is 35.8 Å². The molecule has 0 aromatic carbocycles. The maximum Gasteiger partial charge on any atom is 0.313 e. The summed E-state index contributed by atoms with van der Waals surface area (Å²) in [5.74, 6) is -2.03. The molecule has 1 saturated heterocycles. The Bertz CT molecular complexity index is 761. The summed E-state index contributed by atoms with van der Waals surface area (Å²) in [7, 11) is 0. The van der Waals surface area contributed by atoms with Crippen molar-refractivity contribution in [2.24, 2.45) is 17.4 Å². The van der Waals surface area contributed by atoms with Crippen LogP contribution in [0.1, 0.15) is 30.1 Å². The summed E-state index contributed by atoms with van der Waals surface area (Å²) in [6, 6.07) is 0.918. The second-order valence-corrected chi connectivity index (χ2v) is 6.27. The van der Waals surface area contributed by atoms with Gasteiger partial charge in [-0.1, -0.05) is 6.92 Å². The minimum Gasteiger partial charge on any atom is -0.400 e. The Balaban J connectivity index is 2.17. The van der Waals surface area contributed by atoms with E-state index in [-0.39, 0.29) is 17.2 Å². The van der Waals surface area contributed by atoms with E-state index in [2.05, 4.69) is 10.3 Å². The number of anilines is 1. The van der Waals surface area contributed by atoms with Crippen molar-refractivity contribution >= 4 is 29.6 Å². The zero-order valence-electron chi connectivity index (χ0n) is 14.4. The molecule has 0 unspecified atom stereocenters. The van der Waals surface area contributed by atoms with Crippen LogP contribution in [0.2, 0.25) is 0 Å². The van der Waals surface area contributed by atoms with Crippen LogP contribution in [0.25, 0.3) is 0 Å². The number of hydrogen-bond donors (Lipinski definition) is 4. The zero-order chi connectivity index (χ0) is 19.3. The van der Waals surface area contributed by atoms with Gasteiger partial charge in [0.25, 0.3) is 0 Å². The lowest BCUT2D eigenvalue weighted by Crippen LogP contribution is -2.52. The van der Waals surface area contributed by atoms with Gasteiger partial charge in [0, 0.05) is 24.7 Å². The number of carbonyl (C=O) groups is 3. The molecule has 2 rings (SSSR count). The van der Waals surface area contributed by atoms with E-state index in [1.165, 1.54) is 29.4 Å². The molecule has 2 atom stereocenters. The van der Waals surface area contributed by atoms with Gasteiger partial charge in [0.2, 0.25) is 5.91 Å². The molecule has 3 amide bonds. The fourth-order valence-electron chi connectivity index (χ4n) is 2.89. The minimum atomic E-state index is -0.852. The Morgan fingerprint density at radius 1 is 1.31 bits per heavy atom. The molecule has 138 valence electrons. The number of primary amides is 1. The molecular formula is C17H22N6O3. The molecule has 1 fully saturated rings. The van der Waals surface area contributed by atoms with Gasteiger partial charge in [-0.3, -0.25) is 19.4 Å². The lowest BCUT2D eigenvalue weighted by atomic mass is 9.92. The molecule has 0 bridgehead atoms. The zero-order valence-corrected chi connectivity index (χ0v) is 14.4. The standard InChI is InChI=1S/C17H22N6O3/c1-10-2-3-14(13(19)4-5-18)23(9-10)17(26)16(25)22-12-6-11(15(20)24)7-21-8-12/h4-8,10,14,18H,2-3,9,19H2,1H3,(H2,20,24)(H,22,25)/t10-,14+/m0/s1. The topological polar surface area (TPSA) is 155 Å². The van der Waals surface area contributed by atoms with E-state index in [1.807, 2.05) is 6.92 Å². The van der Waals surface area contributed by atoms with E-state index in [1.54, 1.807) is 0 Å². The highest BCUT2D eigenvalue weighted by Gasteiger charge is 2.34. The van der Waals surface area contributed by atoms with Gasteiger partial charge in [-0.15, -0.1) is 0 Å². The molecule has 0 radical (unpaired) electrons. The lowest BCUT2D eigenvalue weighted by Gasteiger charge is -2.38. The summed E-state index contributed by atoms with van der Waals surface area (Å²) < 4.78 is 0. The first kappa shape index (κ1) is 19.1. The Morgan fingerprint density at radius 3 is 2.69 bits per heavy atom. The number of aromatic nitrogens is 1. The summed E-state index contributed by atoms with van der Waals surface area (Å²) in [6.45, 7) is 2.38. The molecule has 6 N–H and O–H groups in total. The van der Waals surface area contributed by atoms with Crippen molar-refractivity contribution < 1.29 is 14.4 Å². The van der Waals surface area contributed by atoms with Crippen molar-refractivity contribution in [2.45, 2.75) is 25.8 Å². The highest BCUT2D eigenvalue weighted by Crippen LogP contribution is 2.25. The van der Waals surface area contributed by atoms with Gasteiger partial charge >= 0.3 is 11.8 Å². The number of nitrogens with two attached hydrogens (primary N) is 2. The van der Waals surface area contributed by atoms with Crippen molar-refractivity contribution in [3.8, 4) is 0 Å². The fourth-order valence-corrected chi connectivity index (χ4v) is 2.89. The monoisotopic (exact) mass is 358 g/mol. The third-order valence-electron chi connectivity index (χ3n) is 4.21. The predicted molar refractivity (Wildman–Crippen MR) is 96.3 cm³/mol. The van der Waals surface area contributed by atoms with Crippen LogP contribution < -0.4 is 16.8 Å². The first-order chi connectivity index (χ1) is 12.3. The van der Waals surface area contributed by atoms with Crippen LogP contribution in [0.15, 0.2) is 30.2 Å². The molecule has 1 aromatic heterocycles. The van der Waals surface area contributed by atoms with Gasteiger partial charge in [-0.05, 0) is 30.9 Å². The molecule has 9 nitrogen and oxygen atoms in total. The van der Waals surface area contributed by atoms with Gasteiger partial charge in [-0.25, -0.2) is 0 Å². The van der Waals surface area contributed by atoms with Gasteiger partial charge in [0.15, 0.2) is 0 Å². The summed E-state index contributed by atoms with van der Waals surface area (Å²) in [5.41, 5.74) is 11.8. The first-order valence-electron chi connectivity index (χ1n) is 8.16. The van der Waals surface area contributed by atoms with Crippen molar-refractivity contribution in [1.29, 1.82) is 5.41 Å². The van der Waals surface area contributed by atoms with Crippen LogP contribution in [0.3, 0.4) is 0 Å². The highest BCUT2D eigenvalue weighted by atomic mass is 16.2. The summed E-state index contributed by atoms with van der Waals surface area (Å²) >= 11 is 0. The largest absolute Gasteiger partial charge is 0.400 e. The third kappa shape index (κ3) is 4.44. The Kier molecular flexibility index (Phi) is 6.05. The number of hydrogen-bond acceptors (Lipinski definition) is 6. The quantitative estimate of drug-likeness (QED) is 0.448. The summed E-state index contributed by atoms with van der Waals surface area (Å²) in [5, 5.41) is 9.58. The molecule has 0 aliphatic carbocycles. The SMILES string of the molecule is C[C@H]1CC[C@H](C(N)=CC=N)N(C(=O)C(=O)Nc2cncc(C(N)=O)c2)C1. The van der Waals surface area contributed by atoms with E-state index < -0.39 is 23.8 Å². The second-order valence-electron chi connectivity index (χ2n) is 6.27. The normalized spacial score (nSPS) is 20.3. The average molecular weight is 358 g/mol. The molecule has 26 heavy (non-hydrogen) atoms. The molecule has 2 heterocycles. The van der Waals surface area contributed by atoms with Gasteiger partial charge in [0.1, 0.15) is 0 Å². The third-order valence-corrected chi connectivity index (χ3v) is 4.21. The average Bonchev–Trinajstić information content (AvgIpc) is 2.61. The van der Waals surface area contributed by atoms with E-state index in [0.29, 0.717) is 18.7 Å². The maximum absolute atomic E-state index is 12.6. The fraction of sp³-hybridized carbons (Fsp3) is 0.353. The van der Waals surface area contributed by atoms with Crippen LogP contribution in [-0.2, 0) is 9.59 Å². The number of pyridine rings is 1. The van der Waals surface area contributed by atoms with Crippen LogP contribution >= 0.6 is 0 Å². The van der Waals surface area contributed by atoms with Crippen LogP contribution in [0, 0.1) is 11.3 Å². The Morgan fingerprint density at radius 2 is 2.04 bits per heavy atom. The van der Waals surface area contributed by atoms with Gasteiger partial charge in [-0.2, -0.15) is 0 Å². The number of likely N-dealkylation sites (tertiary alicyclic amines) is 1. The number of nitrogens with zero attached hydrogens (tertiary/aromatic N) is 2. The van der Waals surface area contributed by atoms with Crippen molar-refractivity contribution in [2.75, 3.05) is 11.9 Å². The van der Waals surface area contributed by atoms with Gasteiger partial charge < -0.3 is 27.1 Å². The summed E-state index contributed by atoms with van der Waals surface area (Å²) in [6.07, 6.45) is 6.54. The van der Waals surface area contributed by atoms with E-state index in [0.717, 1.165) is 12.6 Å². The number of carbonyl (C=O) groups excluding carboxylic acids is 3. The second kappa shape index (κ2) is 8.24. The molecular weight excluding hydrogens is 336 g/mol. The molecule has 0 spiro atoms. The van der Waals surface area contributed by atoms with Crippen molar-refractivity contribution in [1.82, 2.24) is 9.88 Å². The molecule has 1 aliphatic rings. The minimum absolute atomic E-state index is 0.123. The van der Waals surface area contributed by atoms with E-state index >= 15 is 0 Å². The molecule has 9 heteroatoms. The number of allylic oxidation sites excluding steroid dienone is 1. The number of piperidine rings is 1. The van der Waals surface area contributed by atoms with Crippen LogP contribution in [-0.4, -0.2) is 46.4 Å². The number of rotatable bonds is 4.